The first-order valence-corrected chi connectivity index (χ1v) is 6.27. The number of carboxylic acid groups (broad SMARTS) is 1. The lowest BCUT2D eigenvalue weighted by atomic mass is 9.84. The van der Waals surface area contributed by atoms with Gasteiger partial charge in [-0.1, -0.05) is 6.58 Å². The molecule has 0 bridgehead atoms. The van der Waals surface area contributed by atoms with Crippen LogP contribution in [-0.2, 0) is 23.7 Å². The van der Waals surface area contributed by atoms with Crippen LogP contribution >= 0.6 is 0 Å². The van der Waals surface area contributed by atoms with Gasteiger partial charge in [-0.05, 0) is 26.2 Å². The van der Waals surface area contributed by atoms with Gasteiger partial charge >= 0.3 is 5.97 Å². The van der Waals surface area contributed by atoms with E-state index >= 15 is 0 Å². The van der Waals surface area contributed by atoms with Crippen LogP contribution in [0.4, 0.5) is 0 Å². The molecule has 6 heteroatoms. The van der Waals surface area contributed by atoms with Crippen molar-refractivity contribution in [3.05, 3.63) is 12.3 Å². The minimum absolute atomic E-state index is 0.107. The molecular formula is C13H22O6. The van der Waals surface area contributed by atoms with E-state index in [0.717, 1.165) is 6.42 Å². The van der Waals surface area contributed by atoms with Crippen LogP contribution in [0.3, 0.4) is 0 Å². The highest BCUT2D eigenvalue weighted by Gasteiger charge is 2.36. The van der Waals surface area contributed by atoms with Gasteiger partial charge in [0, 0.05) is 7.11 Å². The number of ether oxygens (including phenoxy) is 4. The normalized spacial score (nSPS) is 26.9. The van der Waals surface area contributed by atoms with E-state index in [4.69, 9.17) is 18.9 Å². The Kier molecular flexibility index (Phi) is 6.83. The summed E-state index contributed by atoms with van der Waals surface area (Å²) in [4.78, 5) is 11.2. The van der Waals surface area contributed by atoms with Gasteiger partial charge in [0.05, 0.1) is 23.9 Å². The van der Waals surface area contributed by atoms with Crippen molar-refractivity contribution in [3.63, 3.8) is 0 Å². The predicted octanol–water partition coefficient (Wildman–Crippen LogP) is 1.75. The second kappa shape index (κ2) is 8.14. The molecule has 1 N–H and O–H groups in total. The number of hydrogen-bond donors (Lipinski definition) is 1. The molecule has 0 spiro atoms. The zero-order valence-corrected chi connectivity index (χ0v) is 11.5. The molecule has 1 aliphatic carbocycles. The van der Waals surface area contributed by atoms with Crippen LogP contribution in [0, 0.1) is 5.92 Å². The largest absolute Gasteiger partial charge is 0.481 e. The highest BCUT2D eigenvalue weighted by atomic mass is 16.7. The van der Waals surface area contributed by atoms with Crippen molar-refractivity contribution in [3.8, 4) is 0 Å². The fourth-order valence-electron chi connectivity index (χ4n) is 2.10. The number of allylic oxidation sites excluding steroid dienone is 1. The Morgan fingerprint density at radius 2 is 2.05 bits per heavy atom. The first-order chi connectivity index (χ1) is 9.04. The second-order valence-electron chi connectivity index (χ2n) is 4.62. The monoisotopic (exact) mass is 274 g/mol. The van der Waals surface area contributed by atoms with Gasteiger partial charge in [0.15, 0.2) is 6.79 Å². The van der Waals surface area contributed by atoms with Crippen LogP contribution < -0.4 is 0 Å². The molecule has 0 heterocycles. The van der Waals surface area contributed by atoms with Gasteiger partial charge in [0.1, 0.15) is 6.79 Å². The van der Waals surface area contributed by atoms with Gasteiger partial charge in [-0.25, -0.2) is 0 Å². The standard InChI is InChI=1S/C13H22O6/c1-9(2)17-8-18-10-4-5-12(19-7-16-3)11(6-10)13(14)15/h10-12H,1,4-8H2,2-3H3,(H,14,15). The smallest absolute Gasteiger partial charge is 0.309 e. The molecular weight excluding hydrogens is 252 g/mol. The van der Waals surface area contributed by atoms with E-state index in [0.29, 0.717) is 18.6 Å². The van der Waals surface area contributed by atoms with Gasteiger partial charge < -0.3 is 24.1 Å². The minimum Gasteiger partial charge on any atom is -0.481 e. The third kappa shape index (κ3) is 5.59. The average molecular weight is 274 g/mol. The van der Waals surface area contributed by atoms with Crippen LogP contribution in [0.1, 0.15) is 26.2 Å². The third-order valence-electron chi connectivity index (χ3n) is 3.07. The molecule has 3 unspecified atom stereocenters. The highest BCUT2D eigenvalue weighted by molar-refractivity contribution is 5.71. The average Bonchev–Trinajstić information content (AvgIpc) is 2.36. The quantitative estimate of drug-likeness (QED) is 0.537. The molecule has 19 heavy (non-hydrogen) atoms. The van der Waals surface area contributed by atoms with Gasteiger partial charge in [-0.2, -0.15) is 0 Å². The Hall–Kier alpha value is -1.11. The summed E-state index contributed by atoms with van der Waals surface area (Å²) < 4.78 is 20.8. The molecule has 110 valence electrons. The van der Waals surface area contributed by atoms with Gasteiger partial charge in [-0.15, -0.1) is 0 Å². The predicted molar refractivity (Wildman–Crippen MR) is 67.4 cm³/mol. The van der Waals surface area contributed by atoms with E-state index in [-0.39, 0.29) is 25.8 Å². The van der Waals surface area contributed by atoms with Gasteiger partial charge in [-0.3, -0.25) is 4.79 Å². The van der Waals surface area contributed by atoms with Crippen LogP contribution in [0.15, 0.2) is 12.3 Å². The summed E-state index contributed by atoms with van der Waals surface area (Å²) in [6, 6.07) is 0. The first kappa shape index (κ1) is 15.9. The van der Waals surface area contributed by atoms with Crippen molar-refractivity contribution >= 4 is 5.97 Å². The molecule has 0 saturated heterocycles. The third-order valence-corrected chi connectivity index (χ3v) is 3.07. The lowest BCUT2D eigenvalue weighted by Crippen LogP contribution is -2.39. The lowest BCUT2D eigenvalue weighted by molar-refractivity contribution is -0.167. The van der Waals surface area contributed by atoms with Crippen LogP contribution in [-0.4, -0.2) is 44.0 Å². The van der Waals surface area contributed by atoms with E-state index in [1.54, 1.807) is 6.92 Å². The number of hydrogen-bond acceptors (Lipinski definition) is 5. The number of rotatable bonds is 8. The van der Waals surface area contributed by atoms with Crippen LogP contribution in [0.25, 0.3) is 0 Å². The van der Waals surface area contributed by atoms with Gasteiger partial charge in [0.25, 0.3) is 0 Å². The summed E-state index contributed by atoms with van der Waals surface area (Å²) in [6.07, 6.45) is 1.36. The maximum absolute atomic E-state index is 11.2. The maximum Gasteiger partial charge on any atom is 0.309 e. The Morgan fingerprint density at radius 3 is 2.63 bits per heavy atom. The number of aliphatic carboxylic acids is 1. The van der Waals surface area contributed by atoms with E-state index in [9.17, 15) is 9.90 Å². The molecule has 1 aliphatic rings. The zero-order chi connectivity index (χ0) is 14.3. The number of carboxylic acids is 1. The van der Waals surface area contributed by atoms with Crippen molar-refractivity contribution in [1.29, 1.82) is 0 Å². The Balaban J connectivity index is 2.41. The van der Waals surface area contributed by atoms with Crippen molar-refractivity contribution < 1.29 is 28.8 Å². The molecule has 0 radical (unpaired) electrons. The summed E-state index contributed by atoms with van der Waals surface area (Å²) in [5, 5.41) is 9.22. The maximum atomic E-state index is 11.2. The molecule has 0 amide bonds. The molecule has 0 aromatic heterocycles. The Bertz CT molecular complexity index is 304. The Labute approximate surface area is 113 Å². The zero-order valence-electron chi connectivity index (χ0n) is 11.5. The number of carbonyl (C=O) groups is 1. The van der Waals surface area contributed by atoms with E-state index in [1.807, 2.05) is 0 Å². The molecule has 3 atom stereocenters. The molecule has 1 rings (SSSR count). The summed E-state index contributed by atoms with van der Waals surface area (Å²) in [7, 11) is 1.51. The SMILES string of the molecule is C=C(C)OCOC1CCC(OCOC)C(C(=O)O)C1. The van der Waals surface area contributed by atoms with E-state index in [2.05, 4.69) is 6.58 Å². The van der Waals surface area contributed by atoms with Crippen molar-refractivity contribution in [1.82, 2.24) is 0 Å². The van der Waals surface area contributed by atoms with Crippen molar-refractivity contribution in [2.24, 2.45) is 5.92 Å². The molecule has 0 aliphatic heterocycles. The van der Waals surface area contributed by atoms with E-state index < -0.39 is 11.9 Å². The second-order valence-corrected chi connectivity index (χ2v) is 4.62. The first-order valence-electron chi connectivity index (χ1n) is 6.27. The van der Waals surface area contributed by atoms with Crippen molar-refractivity contribution in [2.45, 2.75) is 38.4 Å². The van der Waals surface area contributed by atoms with Crippen molar-refractivity contribution in [2.75, 3.05) is 20.7 Å². The molecule has 0 aromatic carbocycles. The summed E-state index contributed by atoms with van der Waals surface area (Å²) in [5.41, 5.74) is 0. The molecule has 0 aromatic rings. The molecule has 1 fully saturated rings. The number of methoxy groups -OCH3 is 1. The minimum atomic E-state index is -0.866. The van der Waals surface area contributed by atoms with Gasteiger partial charge in [0.2, 0.25) is 0 Å². The van der Waals surface area contributed by atoms with Crippen LogP contribution in [0.2, 0.25) is 0 Å². The summed E-state index contributed by atoms with van der Waals surface area (Å²) >= 11 is 0. The molecule has 1 saturated carbocycles. The topological polar surface area (TPSA) is 74.2 Å². The lowest BCUT2D eigenvalue weighted by Gasteiger charge is -2.33. The van der Waals surface area contributed by atoms with Crippen LogP contribution in [0.5, 0.6) is 0 Å². The summed E-state index contributed by atoms with van der Waals surface area (Å²) in [5.74, 6) is -0.860. The summed E-state index contributed by atoms with van der Waals surface area (Å²) in [6.45, 7) is 5.55. The fraction of sp³-hybridized carbons (Fsp3) is 0.769. The molecule has 6 nitrogen and oxygen atoms in total. The fourth-order valence-corrected chi connectivity index (χ4v) is 2.10. The van der Waals surface area contributed by atoms with E-state index in [1.165, 1.54) is 7.11 Å². The highest BCUT2D eigenvalue weighted by Crippen LogP contribution is 2.29. The Morgan fingerprint density at radius 1 is 1.32 bits per heavy atom.